The van der Waals surface area contributed by atoms with Gasteiger partial charge in [-0.15, -0.1) is 0 Å². The predicted molar refractivity (Wildman–Crippen MR) is 69.2 cm³/mol. The highest BCUT2D eigenvalue weighted by Gasteiger charge is 2.30. The largest absolute Gasteiger partial charge is 0.389 e. The average molecular weight is 248 g/mol. The van der Waals surface area contributed by atoms with Gasteiger partial charge in [0, 0.05) is 6.42 Å². The van der Waals surface area contributed by atoms with E-state index in [1.54, 1.807) is 0 Å². The molecule has 1 saturated carbocycles. The van der Waals surface area contributed by atoms with Crippen molar-refractivity contribution in [1.82, 2.24) is 0 Å². The van der Waals surface area contributed by atoms with Crippen LogP contribution < -0.4 is 0 Å². The van der Waals surface area contributed by atoms with E-state index in [-0.39, 0.29) is 12.2 Å². The smallest absolute Gasteiger partial charge is 0.162 e. The minimum absolute atomic E-state index is 0.181. The molecule has 0 aromatic heterocycles. The number of carbonyl (C=O) groups excluding carboxylic acids is 1. The van der Waals surface area contributed by atoms with E-state index in [0.29, 0.717) is 0 Å². The van der Waals surface area contributed by atoms with E-state index in [9.17, 15) is 9.90 Å². The zero-order valence-electron chi connectivity index (χ0n) is 10.6. The summed E-state index contributed by atoms with van der Waals surface area (Å²) in [7, 11) is 0. The van der Waals surface area contributed by atoms with E-state index in [1.165, 1.54) is 6.42 Å². The Labute approximate surface area is 107 Å². The van der Waals surface area contributed by atoms with Gasteiger partial charge in [-0.2, -0.15) is 0 Å². The fraction of sp³-hybridized carbons (Fsp3) is 0.533. The van der Waals surface area contributed by atoms with Crippen molar-refractivity contribution in [2.45, 2.75) is 44.1 Å². The van der Waals surface area contributed by atoms with Crippen molar-refractivity contribution in [2.75, 3.05) is 6.61 Å². The van der Waals surface area contributed by atoms with Gasteiger partial charge < -0.3 is 10.2 Å². The number of benzene rings is 1. The number of ketones is 1. The standard InChI is InChI=1S/C15H20O3/c16-11-14(17)10-12-4-6-13(7-5-12)15(18)8-2-1-3-9-15/h4-7,16,18H,1-3,8-11H2. The second-order valence-corrected chi connectivity index (χ2v) is 5.16. The van der Waals surface area contributed by atoms with Crippen molar-refractivity contribution in [1.29, 1.82) is 0 Å². The number of rotatable bonds is 4. The molecule has 0 heterocycles. The molecule has 1 aromatic carbocycles. The van der Waals surface area contributed by atoms with Gasteiger partial charge in [0.15, 0.2) is 5.78 Å². The second kappa shape index (κ2) is 5.63. The van der Waals surface area contributed by atoms with E-state index >= 15 is 0 Å². The maximum absolute atomic E-state index is 11.1. The van der Waals surface area contributed by atoms with E-state index < -0.39 is 12.2 Å². The summed E-state index contributed by atoms with van der Waals surface area (Å²) in [6, 6.07) is 7.56. The normalized spacial score (nSPS) is 18.6. The summed E-state index contributed by atoms with van der Waals surface area (Å²) in [6.45, 7) is -0.411. The summed E-state index contributed by atoms with van der Waals surface area (Å²) in [4.78, 5) is 11.1. The van der Waals surface area contributed by atoms with Crippen LogP contribution in [0.15, 0.2) is 24.3 Å². The molecular weight excluding hydrogens is 228 g/mol. The molecule has 1 aromatic rings. The molecule has 18 heavy (non-hydrogen) atoms. The average Bonchev–Trinajstić information content (AvgIpc) is 2.40. The Kier molecular flexibility index (Phi) is 4.15. The highest BCUT2D eigenvalue weighted by Crippen LogP contribution is 2.36. The molecule has 0 atom stereocenters. The first-order chi connectivity index (χ1) is 8.64. The molecule has 1 aliphatic carbocycles. The van der Waals surface area contributed by atoms with E-state index in [4.69, 9.17) is 5.11 Å². The minimum Gasteiger partial charge on any atom is -0.389 e. The van der Waals surface area contributed by atoms with Crippen LogP contribution in [0.3, 0.4) is 0 Å². The molecule has 3 nitrogen and oxygen atoms in total. The molecular formula is C15H20O3. The van der Waals surface area contributed by atoms with Crippen LogP contribution >= 0.6 is 0 Å². The van der Waals surface area contributed by atoms with Gasteiger partial charge in [0.05, 0.1) is 5.60 Å². The van der Waals surface area contributed by atoms with E-state index in [1.807, 2.05) is 24.3 Å². The van der Waals surface area contributed by atoms with Crippen LogP contribution in [-0.2, 0) is 16.8 Å². The SMILES string of the molecule is O=C(CO)Cc1ccc(C2(O)CCCCC2)cc1. The van der Waals surface area contributed by atoms with Gasteiger partial charge in [0.2, 0.25) is 0 Å². The molecule has 2 rings (SSSR count). The first-order valence-corrected chi connectivity index (χ1v) is 6.58. The summed E-state index contributed by atoms with van der Waals surface area (Å²) in [6.07, 6.45) is 5.24. The molecule has 0 bridgehead atoms. The van der Waals surface area contributed by atoms with Gasteiger partial charge in [-0.3, -0.25) is 4.79 Å². The van der Waals surface area contributed by atoms with E-state index in [2.05, 4.69) is 0 Å². The van der Waals surface area contributed by atoms with Gasteiger partial charge in [-0.25, -0.2) is 0 Å². The lowest BCUT2D eigenvalue weighted by Gasteiger charge is -2.32. The molecule has 98 valence electrons. The lowest BCUT2D eigenvalue weighted by Crippen LogP contribution is -2.28. The monoisotopic (exact) mass is 248 g/mol. The molecule has 0 saturated heterocycles. The maximum Gasteiger partial charge on any atom is 0.162 e. The van der Waals surface area contributed by atoms with Gasteiger partial charge >= 0.3 is 0 Å². The highest BCUT2D eigenvalue weighted by atomic mass is 16.3. The molecule has 1 fully saturated rings. The lowest BCUT2D eigenvalue weighted by atomic mass is 9.79. The van der Waals surface area contributed by atoms with Gasteiger partial charge in [0.25, 0.3) is 0 Å². The van der Waals surface area contributed by atoms with Gasteiger partial charge in [-0.05, 0) is 24.0 Å². The molecule has 0 amide bonds. The van der Waals surface area contributed by atoms with Crippen LogP contribution in [-0.4, -0.2) is 22.6 Å². The Bertz CT molecular complexity index is 402. The first-order valence-electron chi connectivity index (χ1n) is 6.58. The fourth-order valence-electron chi connectivity index (χ4n) is 2.64. The minimum atomic E-state index is -0.683. The van der Waals surface area contributed by atoms with Crippen molar-refractivity contribution in [2.24, 2.45) is 0 Å². The third kappa shape index (κ3) is 2.98. The Balaban J connectivity index is 2.09. The van der Waals surface area contributed by atoms with Crippen molar-refractivity contribution >= 4 is 5.78 Å². The van der Waals surface area contributed by atoms with Crippen LogP contribution in [0.25, 0.3) is 0 Å². The van der Waals surface area contributed by atoms with Crippen LogP contribution in [0.1, 0.15) is 43.2 Å². The Hall–Kier alpha value is -1.19. The van der Waals surface area contributed by atoms with Crippen LogP contribution in [0.5, 0.6) is 0 Å². The number of Topliss-reactive ketones (excluding diaryl/α,β-unsaturated/α-hetero) is 1. The Morgan fingerprint density at radius 3 is 2.28 bits per heavy atom. The number of aliphatic hydroxyl groups is 2. The number of hydrogen-bond donors (Lipinski definition) is 2. The Morgan fingerprint density at radius 2 is 1.72 bits per heavy atom. The quantitative estimate of drug-likeness (QED) is 0.856. The molecule has 0 aliphatic heterocycles. The zero-order valence-corrected chi connectivity index (χ0v) is 10.6. The van der Waals surface area contributed by atoms with Crippen LogP contribution in [0.2, 0.25) is 0 Å². The van der Waals surface area contributed by atoms with Gasteiger partial charge in [0.1, 0.15) is 6.61 Å². The van der Waals surface area contributed by atoms with Crippen molar-refractivity contribution in [3.05, 3.63) is 35.4 Å². The summed E-state index contributed by atoms with van der Waals surface area (Å²) in [5.74, 6) is -0.181. The van der Waals surface area contributed by atoms with Gasteiger partial charge in [-0.1, -0.05) is 43.5 Å². The molecule has 1 aliphatic rings. The fourth-order valence-corrected chi connectivity index (χ4v) is 2.64. The summed E-state index contributed by atoms with van der Waals surface area (Å²) < 4.78 is 0. The highest BCUT2D eigenvalue weighted by molar-refractivity contribution is 5.81. The molecule has 0 unspecified atom stereocenters. The zero-order chi connectivity index (χ0) is 13.0. The molecule has 0 radical (unpaired) electrons. The second-order valence-electron chi connectivity index (χ2n) is 5.16. The van der Waals surface area contributed by atoms with Crippen molar-refractivity contribution in [3.8, 4) is 0 Å². The number of aliphatic hydroxyl groups excluding tert-OH is 1. The van der Waals surface area contributed by atoms with Crippen molar-refractivity contribution < 1.29 is 15.0 Å². The number of hydrogen-bond acceptors (Lipinski definition) is 3. The summed E-state index contributed by atoms with van der Waals surface area (Å²) in [5.41, 5.74) is 1.15. The third-order valence-electron chi connectivity index (χ3n) is 3.75. The first kappa shape index (κ1) is 13.2. The molecule has 2 N–H and O–H groups in total. The lowest BCUT2D eigenvalue weighted by molar-refractivity contribution is -0.121. The van der Waals surface area contributed by atoms with Crippen LogP contribution in [0.4, 0.5) is 0 Å². The third-order valence-corrected chi connectivity index (χ3v) is 3.75. The predicted octanol–water partition coefficient (Wildman–Crippen LogP) is 1.94. The van der Waals surface area contributed by atoms with E-state index in [0.717, 1.165) is 36.8 Å². The summed E-state index contributed by atoms with van der Waals surface area (Å²) in [5, 5.41) is 19.3. The maximum atomic E-state index is 11.1. The van der Waals surface area contributed by atoms with Crippen LogP contribution in [0, 0.1) is 0 Å². The topological polar surface area (TPSA) is 57.5 Å². The van der Waals surface area contributed by atoms with Crippen molar-refractivity contribution in [3.63, 3.8) is 0 Å². The Morgan fingerprint density at radius 1 is 1.11 bits per heavy atom. The molecule has 0 spiro atoms. The molecule has 3 heteroatoms. The summed E-state index contributed by atoms with van der Waals surface area (Å²) >= 11 is 0. The number of carbonyl (C=O) groups is 1.